The fourth-order valence-electron chi connectivity index (χ4n) is 1.53. The van der Waals surface area contributed by atoms with Crippen LogP contribution in [0.5, 0.6) is 0 Å². The van der Waals surface area contributed by atoms with Crippen LogP contribution in [0.1, 0.15) is 51.0 Å². The van der Waals surface area contributed by atoms with Crippen molar-refractivity contribution in [1.82, 2.24) is 0 Å². The van der Waals surface area contributed by atoms with Gasteiger partial charge in [-0.25, -0.2) is 4.79 Å². The van der Waals surface area contributed by atoms with E-state index in [1.807, 2.05) is 36.4 Å². The highest BCUT2D eigenvalue weighted by atomic mass is 16.5. The Bertz CT molecular complexity index is 918. The van der Waals surface area contributed by atoms with Crippen molar-refractivity contribution in [3.05, 3.63) is 71.8 Å². The van der Waals surface area contributed by atoms with Gasteiger partial charge in [0.25, 0.3) is 0 Å². The third-order valence-electron chi connectivity index (χ3n) is 3.76. The summed E-state index contributed by atoms with van der Waals surface area (Å²) in [5.74, 6) is -1.47. The third kappa shape index (κ3) is 42.4. The Kier molecular flexibility index (Phi) is 38.4. The number of esters is 6. The first-order chi connectivity index (χ1) is 19.2. The fourth-order valence-corrected chi connectivity index (χ4v) is 1.53. The van der Waals surface area contributed by atoms with Crippen molar-refractivity contribution in [2.45, 2.75) is 41.5 Å². The summed E-state index contributed by atoms with van der Waals surface area (Å²) in [6.07, 6.45) is 0.358. The van der Waals surface area contributed by atoms with Crippen LogP contribution in [0, 0.1) is 0 Å². The molecule has 12 nitrogen and oxygen atoms in total. The van der Waals surface area contributed by atoms with Gasteiger partial charge in [-0.3, -0.25) is 24.0 Å². The highest BCUT2D eigenvalue weighted by Crippen LogP contribution is 2.00. The van der Waals surface area contributed by atoms with Gasteiger partial charge in [-0.2, -0.15) is 0 Å². The van der Waals surface area contributed by atoms with E-state index >= 15 is 0 Å². The summed E-state index contributed by atoms with van der Waals surface area (Å²) in [5, 5.41) is 0. The van der Waals surface area contributed by atoms with E-state index in [0.29, 0.717) is 12.0 Å². The van der Waals surface area contributed by atoms with E-state index in [9.17, 15) is 28.8 Å². The quantitative estimate of drug-likeness (QED) is 0.366. The molecule has 0 bridgehead atoms. The van der Waals surface area contributed by atoms with Crippen molar-refractivity contribution < 1.29 is 57.2 Å². The van der Waals surface area contributed by atoms with Gasteiger partial charge in [0.15, 0.2) is 0 Å². The van der Waals surface area contributed by atoms with Crippen LogP contribution in [-0.4, -0.2) is 78.5 Å². The average Bonchev–Trinajstić information content (AvgIpc) is 2.99. The monoisotopic (exact) mass is 598 g/mol. The zero-order valence-electron chi connectivity index (χ0n) is 25.4. The van der Waals surface area contributed by atoms with E-state index in [0.717, 1.165) is 5.56 Å². The molecule has 238 valence electrons. The molecule has 0 amide bonds. The van der Waals surface area contributed by atoms with Crippen LogP contribution >= 0.6 is 0 Å². The first-order valence-electron chi connectivity index (χ1n) is 11.7. The van der Waals surface area contributed by atoms with Crippen molar-refractivity contribution in [3.63, 3.8) is 0 Å². The molecule has 0 aromatic heterocycles. The van der Waals surface area contributed by atoms with Crippen LogP contribution in [0.3, 0.4) is 0 Å². The Morgan fingerprint density at radius 3 is 1.00 bits per heavy atom. The van der Waals surface area contributed by atoms with Crippen LogP contribution < -0.4 is 0 Å². The van der Waals surface area contributed by atoms with Crippen LogP contribution in [0.4, 0.5) is 0 Å². The molecule has 2 aromatic carbocycles. The molecule has 0 unspecified atom stereocenters. The van der Waals surface area contributed by atoms with E-state index in [2.05, 4.69) is 28.4 Å². The van der Waals surface area contributed by atoms with Gasteiger partial charge in [0, 0.05) is 27.7 Å². The van der Waals surface area contributed by atoms with Gasteiger partial charge in [0.2, 0.25) is 0 Å². The maximum absolute atomic E-state index is 10.8. The number of carbonyl (C=O) groups excluding carboxylic acids is 6. The van der Waals surface area contributed by atoms with Crippen LogP contribution in [-0.2, 0) is 58.8 Å². The number of carbonyl (C=O) groups is 6. The molecule has 0 spiro atoms. The van der Waals surface area contributed by atoms with Crippen molar-refractivity contribution in [1.29, 1.82) is 0 Å². The summed E-state index contributed by atoms with van der Waals surface area (Å²) >= 11 is 0. The van der Waals surface area contributed by atoms with Crippen molar-refractivity contribution >= 4 is 35.8 Å². The lowest BCUT2D eigenvalue weighted by molar-refractivity contribution is -0.140. The molecule has 0 saturated carbocycles. The highest BCUT2D eigenvalue weighted by Gasteiger charge is 2.01. The van der Waals surface area contributed by atoms with Crippen LogP contribution in [0.15, 0.2) is 60.7 Å². The zero-order valence-corrected chi connectivity index (χ0v) is 25.4. The Morgan fingerprint density at radius 1 is 0.476 bits per heavy atom. The summed E-state index contributed by atoms with van der Waals surface area (Å²) in [6.45, 7) is 5.44. The second-order valence-electron chi connectivity index (χ2n) is 6.88. The largest absolute Gasteiger partial charge is 0.469 e. The minimum atomic E-state index is -0.291. The molecular formula is C30H46O12. The fraction of sp³-hybridized carbons (Fsp3) is 0.400. The first kappa shape index (κ1) is 47.1. The molecule has 0 heterocycles. The van der Waals surface area contributed by atoms with Gasteiger partial charge in [-0.1, -0.05) is 56.0 Å². The Hall–Kier alpha value is -4.74. The predicted molar refractivity (Wildman–Crippen MR) is 157 cm³/mol. The third-order valence-corrected chi connectivity index (χ3v) is 3.76. The van der Waals surface area contributed by atoms with E-state index < -0.39 is 0 Å². The molecule has 2 rings (SSSR count). The van der Waals surface area contributed by atoms with E-state index in [4.69, 9.17) is 0 Å². The molecule has 0 radical (unpaired) electrons. The number of rotatable bonds is 3. The minimum Gasteiger partial charge on any atom is -0.469 e. The molecule has 12 heteroatoms. The Morgan fingerprint density at radius 2 is 0.762 bits per heavy atom. The molecular weight excluding hydrogens is 552 g/mol. The molecule has 2 aromatic rings. The van der Waals surface area contributed by atoms with Crippen molar-refractivity contribution in [2.24, 2.45) is 0 Å². The Balaban J connectivity index is -0.000000136. The van der Waals surface area contributed by atoms with Gasteiger partial charge in [0.05, 0.1) is 54.6 Å². The SMILES string of the molecule is C.COC(=O)Cc1ccccc1.COC(=O)c1ccccc1.COC(C)=O.COC(C)=O.COC(C)=O.COC(C)=O. The molecule has 0 atom stereocenters. The van der Waals surface area contributed by atoms with Gasteiger partial charge in [-0.15, -0.1) is 0 Å². The summed E-state index contributed by atoms with van der Waals surface area (Å²) in [5.41, 5.74) is 1.57. The first-order valence-corrected chi connectivity index (χ1v) is 11.7. The van der Waals surface area contributed by atoms with Crippen LogP contribution in [0.2, 0.25) is 0 Å². The Labute approximate surface area is 249 Å². The normalized spacial score (nSPS) is 7.76. The van der Waals surface area contributed by atoms with Gasteiger partial charge < -0.3 is 28.4 Å². The van der Waals surface area contributed by atoms with Crippen LogP contribution in [0.25, 0.3) is 0 Å². The molecule has 0 aliphatic carbocycles. The lowest BCUT2D eigenvalue weighted by Gasteiger charge is -1.97. The predicted octanol–water partition coefficient (Wildman–Crippen LogP) is 4.23. The smallest absolute Gasteiger partial charge is 0.337 e. The van der Waals surface area contributed by atoms with E-state index in [-0.39, 0.29) is 43.2 Å². The lowest BCUT2D eigenvalue weighted by Crippen LogP contribution is -2.03. The maximum Gasteiger partial charge on any atom is 0.337 e. The number of benzene rings is 2. The summed E-state index contributed by atoms with van der Waals surface area (Å²) in [7, 11) is 8.16. The van der Waals surface area contributed by atoms with E-state index in [1.54, 1.807) is 24.3 Å². The molecule has 0 aliphatic rings. The molecule has 0 aliphatic heterocycles. The second kappa shape index (κ2) is 34.3. The van der Waals surface area contributed by atoms with Gasteiger partial charge in [-0.05, 0) is 17.7 Å². The summed E-state index contributed by atoms with van der Waals surface area (Å²) in [4.78, 5) is 59.9. The zero-order chi connectivity index (χ0) is 32.6. The second-order valence-corrected chi connectivity index (χ2v) is 6.88. The molecule has 0 saturated heterocycles. The highest BCUT2D eigenvalue weighted by molar-refractivity contribution is 5.89. The number of ether oxygens (including phenoxy) is 6. The van der Waals surface area contributed by atoms with E-state index in [1.165, 1.54) is 70.4 Å². The lowest BCUT2D eigenvalue weighted by atomic mass is 10.2. The molecule has 0 N–H and O–H groups in total. The number of hydrogen-bond donors (Lipinski definition) is 0. The molecule has 0 fully saturated rings. The average molecular weight is 599 g/mol. The van der Waals surface area contributed by atoms with Gasteiger partial charge in [0.1, 0.15) is 0 Å². The minimum absolute atomic E-state index is 0. The topological polar surface area (TPSA) is 158 Å². The van der Waals surface area contributed by atoms with Crippen molar-refractivity contribution in [2.75, 3.05) is 42.7 Å². The van der Waals surface area contributed by atoms with Gasteiger partial charge >= 0.3 is 35.8 Å². The molecule has 42 heavy (non-hydrogen) atoms. The number of methoxy groups -OCH3 is 6. The standard InChI is InChI=1S/C9H10O2.C8H8O2.4C3H6O2.CH4/c1-11-9(10)7-8-5-3-2-4-6-8;1-10-8(9)7-5-3-2-4-6-7;4*1-3(4)5-2;/h2-6H,7H2,1H3;2-6H,1H3;4*1-2H3;1H4. The number of hydrogen-bond acceptors (Lipinski definition) is 12. The van der Waals surface area contributed by atoms with Crippen molar-refractivity contribution in [3.8, 4) is 0 Å². The maximum atomic E-state index is 10.8. The summed E-state index contributed by atoms with van der Waals surface area (Å²) < 4.78 is 25.5. The summed E-state index contributed by atoms with van der Waals surface area (Å²) in [6, 6.07) is 18.4.